The topological polar surface area (TPSA) is 380 Å². The number of hydrogen-bond donors (Lipinski definition) is 10. The molecule has 26 heteroatoms. The van der Waals surface area contributed by atoms with Crippen LogP contribution in [0.5, 0.6) is 0 Å². The van der Waals surface area contributed by atoms with Gasteiger partial charge in [-0.3, -0.25) is 28.2 Å². The summed E-state index contributed by atoms with van der Waals surface area (Å²) in [4.78, 5) is 66.6. The molecule has 0 aromatic heterocycles. The van der Waals surface area contributed by atoms with Crippen molar-refractivity contribution in [2.75, 3.05) is 26.4 Å². The second kappa shape index (κ2) is 72.9. The number of ether oxygens (including phenoxy) is 8. The lowest BCUT2D eigenvalue weighted by atomic mass is 9.84. The number of unbranched alkanes of at least 4 members (excludes halogenated alkanes) is 51. The summed E-state index contributed by atoms with van der Waals surface area (Å²) < 4.78 is 73.5. The van der Waals surface area contributed by atoms with Crippen LogP contribution in [0.15, 0.2) is 24.3 Å². The van der Waals surface area contributed by atoms with Crippen molar-refractivity contribution in [1.82, 2.24) is 0 Å². The van der Waals surface area contributed by atoms with Crippen LogP contribution in [-0.4, -0.2) is 205 Å². The van der Waals surface area contributed by atoms with Gasteiger partial charge in [0.1, 0.15) is 92.6 Å². The highest BCUT2D eigenvalue weighted by molar-refractivity contribution is 7.47. The van der Waals surface area contributed by atoms with E-state index in [1.54, 1.807) is 0 Å². The minimum Gasteiger partial charge on any atom is -0.463 e. The van der Waals surface area contributed by atoms with Crippen molar-refractivity contribution in [2.24, 2.45) is 0 Å². The summed E-state index contributed by atoms with van der Waals surface area (Å²) in [5.74, 6) is -2.96. The molecule has 2 saturated heterocycles. The molecule has 2 aliphatic heterocycles. The Balaban J connectivity index is 1.91. The van der Waals surface area contributed by atoms with Crippen LogP contribution < -0.4 is 0 Å². The number of hydrogen-bond acceptors (Lipinski definition) is 24. The summed E-state index contributed by atoms with van der Waals surface area (Å²) in [5, 5.41) is 102. The summed E-state index contributed by atoms with van der Waals surface area (Å²) in [6.45, 7) is 5.60. The Morgan fingerprint density at radius 3 is 1.00 bits per heavy atom. The van der Waals surface area contributed by atoms with Crippen LogP contribution in [0.2, 0.25) is 0 Å². The number of carbonyl (C=O) groups is 4. The molecule has 3 aliphatic rings. The van der Waals surface area contributed by atoms with Gasteiger partial charge in [0.15, 0.2) is 24.8 Å². The smallest absolute Gasteiger partial charge is 0.463 e. The molecule has 120 heavy (non-hydrogen) atoms. The number of esters is 4. The third-order valence-electron chi connectivity index (χ3n) is 23.7. The highest BCUT2D eigenvalue weighted by Crippen LogP contribution is 2.49. The van der Waals surface area contributed by atoms with E-state index < -0.39 is 162 Å². The Labute approximate surface area is 724 Å². The maximum Gasteiger partial charge on any atom is 0.472 e. The molecule has 0 bridgehead atoms. The van der Waals surface area contributed by atoms with Gasteiger partial charge < -0.3 is 88.7 Å². The van der Waals surface area contributed by atoms with Crippen LogP contribution in [0, 0.1) is 0 Å². The fourth-order valence-electron chi connectivity index (χ4n) is 16.0. The predicted molar refractivity (Wildman–Crippen MR) is 467 cm³/mol. The molecule has 0 amide bonds. The van der Waals surface area contributed by atoms with E-state index in [4.69, 9.17) is 46.9 Å². The summed E-state index contributed by atoms with van der Waals surface area (Å²) >= 11 is 0. The van der Waals surface area contributed by atoms with Crippen molar-refractivity contribution in [1.29, 1.82) is 0 Å². The highest BCUT2D eigenvalue weighted by atomic mass is 31.2. The Morgan fingerprint density at radius 1 is 0.325 bits per heavy atom. The number of aliphatic hydroxyl groups excluding tert-OH is 9. The molecule has 18 unspecified atom stereocenters. The summed E-state index contributed by atoms with van der Waals surface area (Å²) in [5.41, 5.74) is 0. The standard InChI is InChI=1S/C94H173O25P/c1-5-9-13-17-21-25-29-33-37-41-45-49-53-57-61-65-69-80(99)116-89-85(104)86(105)90(117-93-87(106)83(102)81(100)75(70-95)114-93)92(91(89)118-94-88(107)84(103)82(101)76(115-94)73-111-78(97)67-63-59-55-51-47-43-39-35-31-27-23-19-15-11-7-3)119-120(108,109)112-72-74(113-79(98)68-64-60-56-52-48-44-40-36-32-28-24-20-16-12-8-4)71-110-77(96)66-62-58-54-50-46-42-38-34-30-26-22-18-14-10-6-2/h26-27,30-31,74-76,81-95,100-107H,5-25,28-29,32-73H2,1-4H3,(H,108,109)/b30-26-,31-27-. The predicted octanol–water partition coefficient (Wildman–Crippen LogP) is 18.5. The normalized spacial score (nSPS) is 24.8. The maximum atomic E-state index is 14.9. The van der Waals surface area contributed by atoms with Gasteiger partial charge in [0, 0.05) is 25.7 Å². The average Bonchev–Trinajstić information content (AvgIpc) is 0.754. The lowest BCUT2D eigenvalue weighted by Gasteiger charge is -2.50. The van der Waals surface area contributed by atoms with Crippen LogP contribution in [-0.2, 0) is 70.7 Å². The van der Waals surface area contributed by atoms with E-state index in [0.29, 0.717) is 32.1 Å². The van der Waals surface area contributed by atoms with Crippen molar-refractivity contribution < 1.29 is 122 Å². The summed E-state index contributed by atoms with van der Waals surface area (Å²) in [6, 6.07) is 0. The van der Waals surface area contributed by atoms with Crippen LogP contribution in [0.25, 0.3) is 0 Å². The first kappa shape index (κ1) is 111. The minimum atomic E-state index is -5.81. The number of allylic oxidation sites excluding steroid dienone is 4. The van der Waals surface area contributed by atoms with E-state index in [0.717, 1.165) is 167 Å². The number of aliphatic hydroxyl groups is 9. The molecular weight excluding hydrogens is 1560 g/mol. The van der Waals surface area contributed by atoms with Crippen molar-refractivity contribution in [3.05, 3.63) is 24.3 Å². The third kappa shape index (κ3) is 52.3. The molecule has 1 aliphatic carbocycles. The van der Waals surface area contributed by atoms with E-state index in [2.05, 4.69) is 52.0 Å². The van der Waals surface area contributed by atoms with Gasteiger partial charge in [-0.2, -0.15) is 0 Å². The van der Waals surface area contributed by atoms with Crippen LogP contribution >= 0.6 is 7.82 Å². The quantitative estimate of drug-likeness (QED) is 0.00889. The first-order valence-electron chi connectivity index (χ1n) is 48.6. The second-order valence-electron chi connectivity index (χ2n) is 34.6. The molecule has 0 aromatic carbocycles. The number of phosphoric ester groups is 1. The molecule has 18 atom stereocenters. The number of rotatable bonds is 79. The van der Waals surface area contributed by atoms with Gasteiger partial charge in [0.2, 0.25) is 0 Å². The largest absolute Gasteiger partial charge is 0.472 e. The molecule has 704 valence electrons. The molecule has 0 radical (unpaired) electrons. The van der Waals surface area contributed by atoms with E-state index >= 15 is 0 Å². The Bertz CT molecular complexity index is 2580. The Morgan fingerprint density at radius 2 is 0.625 bits per heavy atom. The first-order valence-corrected chi connectivity index (χ1v) is 50.1. The van der Waals surface area contributed by atoms with Gasteiger partial charge in [-0.1, -0.05) is 341 Å². The lowest BCUT2D eigenvalue weighted by molar-refractivity contribution is -0.360. The van der Waals surface area contributed by atoms with E-state index in [-0.39, 0.29) is 25.7 Å². The minimum absolute atomic E-state index is 0.0100. The fourth-order valence-corrected chi connectivity index (χ4v) is 16.9. The molecule has 2 heterocycles. The third-order valence-corrected chi connectivity index (χ3v) is 24.7. The molecule has 10 N–H and O–H groups in total. The number of phosphoric acid groups is 1. The molecule has 0 spiro atoms. The SMILES string of the molecule is CCCCCC/C=C\CCCCCCCCCC(=O)OCC(COP(=O)(O)OC1C(OC2OC(CO)C(O)C(O)C2O)C(O)C(O)C(OC(=O)CCCCCCCCCCCCCCCCCC)C1OC1OC(COC(=O)CCCCCCCCC/C=C\CCCCCC)C(O)C(O)C1O)OC(=O)CCCCCCCCCCCCCCCCC. The zero-order chi connectivity index (χ0) is 87.5. The van der Waals surface area contributed by atoms with Gasteiger partial charge in [-0.05, 0) is 77.0 Å². The van der Waals surface area contributed by atoms with E-state index in [9.17, 15) is 74.6 Å². The monoisotopic (exact) mass is 1730 g/mol. The Hall–Kier alpha value is -3.05. The van der Waals surface area contributed by atoms with E-state index in [1.807, 2.05) is 0 Å². The average molecular weight is 1730 g/mol. The van der Waals surface area contributed by atoms with Gasteiger partial charge in [0.05, 0.1) is 13.2 Å². The molecule has 0 aromatic rings. The van der Waals surface area contributed by atoms with E-state index in [1.165, 1.54) is 167 Å². The number of carbonyl (C=O) groups excluding carboxylic acids is 4. The fraction of sp³-hybridized carbons (Fsp3) is 0.915. The summed E-state index contributed by atoms with van der Waals surface area (Å²) in [6.07, 6.45) is 34.2. The van der Waals surface area contributed by atoms with Crippen LogP contribution in [0.4, 0.5) is 0 Å². The van der Waals surface area contributed by atoms with Gasteiger partial charge in [-0.25, -0.2) is 4.57 Å². The van der Waals surface area contributed by atoms with Crippen molar-refractivity contribution in [2.45, 2.75) is 524 Å². The zero-order valence-electron chi connectivity index (χ0n) is 75.1. The summed E-state index contributed by atoms with van der Waals surface area (Å²) in [7, 11) is -5.81. The van der Waals surface area contributed by atoms with Gasteiger partial charge in [-0.15, -0.1) is 0 Å². The van der Waals surface area contributed by atoms with Crippen molar-refractivity contribution in [3.63, 3.8) is 0 Å². The molecule has 1 saturated carbocycles. The lowest BCUT2D eigenvalue weighted by Crippen LogP contribution is -2.70. The molecule has 25 nitrogen and oxygen atoms in total. The van der Waals surface area contributed by atoms with Crippen LogP contribution in [0.1, 0.15) is 419 Å². The van der Waals surface area contributed by atoms with Crippen molar-refractivity contribution >= 4 is 31.7 Å². The first-order chi connectivity index (χ1) is 58.2. The maximum absolute atomic E-state index is 14.9. The van der Waals surface area contributed by atoms with Gasteiger partial charge in [0.25, 0.3) is 0 Å². The molecule has 3 rings (SSSR count). The van der Waals surface area contributed by atoms with Crippen molar-refractivity contribution in [3.8, 4) is 0 Å². The Kier molecular flexibility index (Phi) is 67.5. The molecular formula is C94H173O25P. The second-order valence-corrected chi connectivity index (χ2v) is 36.0. The zero-order valence-corrected chi connectivity index (χ0v) is 76.0. The molecule has 3 fully saturated rings. The van der Waals surface area contributed by atoms with Gasteiger partial charge >= 0.3 is 31.7 Å². The highest BCUT2D eigenvalue weighted by Gasteiger charge is 2.60. The van der Waals surface area contributed by atoms with Crippen LogP contribution in [0.3, 0.4) is 0 Å².